The van der Waals surface area contributed by atoms with Gasteiger partial charge in [-0.25, -0.2) is 23.1 Å². The highest BCUT2D eigenvalue weighted by Gasteiger charge is 2.39. The maximum Gasteiger partial charge on any atom is 0.336 e. The van der Waals surface area contributed by atoms with Gasteiger partial charge < -0.3 is 25.3 Å². The van der Waals surface area contributed by atoms with E-state index in [0.29, 0.717) is 40.7 Å². The molecule has 1 amide bonds. The molecule has 2 heterocycles. The highest BCUT2D eigenvalue weighted by atomic mass is 35.5. The van der Waals surface area contributed by atoms with Crippen LogP contribution in [0.1, 0.15) is 48.2 Å². The van der Waals surface area contributed by atoms with Crippen molar-refractivity contribution in [2.24, 2.45) is 10.9 Å². The van der Waals surface area contributed by atoms with E-state index < -0.39 is 43.9 Å². The molecule has 20 heteroatoms. The maximum absolute atomic E-state index is 12.9. The van der Waals surface area contributed by atoms with Gasteiger partial charge in [-0.3, -0.25) is 19.8 Å². The Morgan fingerprint density at radius 1 is 0.903 bits per heavy atom. The molecule has 332 valence electrons. The Balaban J connectivity index is 0.000000225. The Kier molecular flexibility index (Phi) is 17.6. The first kappa shape index (κ1) is 49.3. The molecule has 0 spiro atoms. The monoisotopic (exact) mass is 931 g/mol. The summed E-state index contributed by atoms with van der Waals surface area (Å²) >= 11 is 12.3. The SMILES string of the molecule is CC1Cc2ccccc2N1NC(=O)c1ccc(Cl)c(S(N)(=O)=O)c1.CCOC(=O)C1=C(COCCN)NC(C)=C(C(=O)OC)C1c1ccccc1Cl.O=S(=O)(O)c1ccccc1. The summed E-state index contributed by atoms with van der Waals surface area (Å²) in [4.78, 5) is 37.6. The number of primary sulfonamides is 1. The van der Waals surface area contributed by atoms with E-state index in [1.807, 2.05) is 31.2 Å². The second kappa shape index (κ2) is 22.2. The van der Waals surface area contributed by atoms with E-state index in [4.69, 9.17) is 52.8 Å². The van der Waals surface area contributed by atoms with Crippen molar-refractivity contribution in [2.45, 2.75) is 48.9 Å². The third-order valence-corrected chi connectivity index (χ3v) is 11.8. The Morgan fingerprint density at radius 3 is 2.15 bits per heavy atom. The number of anilines is 1. The highest BCUT2D eigenvalue weighted by Crippen LogP contribution is 2.42. The Labute approximate surface area is 370 Å². The highest BCUT2D eigenvalue weighted by molar-refractivity contribution is 7.89. The number of fused-ring (bicyclic) bond motifs is 1. The number of sulfonamides is 1. The first-order valence-corrected chi connectivity index (χ1v) is 22.6. The number of dihydropyridines is 1. The number of methoxy groups -OCH3 is 1. The smallest absolute Gasteiger partial charge is 0.336 e. The number of benzene rings is 4. The number of halogens is 2. The zero-order valence-electron chi connectivity index (χ0n) is 34.1. The van der Waals surface area contributed by atoms with Crippen molar-refractivity contribution in [3.63, 3.8) is 0 Å². The summed E-state index contributed by atoms with van der Waals surface area (Å²) < 4.78 is 68.1. The molecule has 2 atom stereocenters. The van der Waals surface area contributed by atoms with Gasteiger partial charge in [-0.2, -0.15) is 8.42 Å². The second-order valence-electron chi connectivity index (χ2n) is 13.5. The second-order valence-corrected chi connectivity index (χ2v) is 17.3. The molecular formula is C42H47Cl2N5O11S2. The van der Waals surface area contributed by atoms with Gasteiger partial charge in [0.25, 0.3) is 16.0 Å². The van der Waals surface area contributed by atoms with Crippen molar-refractivity contribution < 1.29 is 50.0 Å². The first-order chi connectivity index (χ1) is 29.3. The standard InChI is InChI=1S/C20H25ClN2O5.C16H16ClN3O3S.C6H6O3S/c1-4-28-20(25)18-15(11-27-10-9-22)23-12(2)16(19(24)26-3)17(18)13-7-5-6-8-14(13)21;1-10-8-11-4-2-3-5-14(11)20(10)19-16(21)12-6-7-13(17)15(9-12)24(18,22)23;7-10(8,9)6-4-2-1-3-5-6/h5-8,17,23H,4,9-11,22H2,1-3H3;2-7,9-10H,8H2,1H3,(H,19,21)(H2,18,22,23);1-5H,(H,7,8,9). The molecular weight excluding hydrogens is 886 g/mol. The van der Waals surface area contributed by atoms with Crippen LogP contribution in [-0.4, -0.2) is 78.8 Å². The largest absolute Gasteiger partial charge is 0.466 e. The van der Waals surface area contributed by atoms with Gasteiger partial charge in [0.1, 0.15) is 4.90 Å². The Morgan fingerprint density at radius 2 is 1.55 bits per heavy atom. The number of hydrogen-bond acceptors (Lipinski definition) is 13. The number of nitrogens with one attached hydrogen (secondary N) is 2. The summed E-state index contributed by atoms with van der Waals surface area (Å²) in [6, 6.07) is 26.3. The summed E-state index contributed by atoms with van der Waals surface area (Å²) in [5.74, 6) is -2.29. The lowest BCUT2D eigenvalue weighted by atomic mass is 9.80. The number of hydrogen-bond donors (Lipinski definition) is 5. The fourth-order valence-electron chi connectivity index (χ4n) is 6.48. The minimum absolute atomic E-state index is 0.0195. The molecule has 0 aromatic heterocycles. The van der Waals surface area contributed by atoms with Gasteiger partial charge in [-0.15, -0.1) is 0 Å². The van der Waals surface area contributed by atoms with E-state index in [0.717, 1.165) is 17.7 Å². The van der Waals surface area contributed by atoms with Gasteiger partial charge in [-0.05, 0) is 80.8 Å². The zero-order chi connectivity index (χ0) is 45.8. The van der Waals surface area contributed by atoms with Crippen LogP contribution in [0.5, 0.6) is 0 Å². The number of carbonyl (C=O) groups excluding carboxylic acids is 3. The fourth-order valence-corrected chi connectivity index (χ4v) is 8.30. The van der Waals surface area contributed by atoms with Gasteiger partial charge >= 0.3 is 11.9 Å². The number of nitrogens with zero attached hydrogens (tertiary/aromatic N) is 1. The van der Waals surface area contributed by atoms with Gasteiger partial charge in [0.05, 0.1) is 71.3 Å². The summed E-state index contributed by atoms with van der Waals surface area (Å²) in [5, 5.41) is 10.4. The number of allylic oxidation sites excluding steroid dienone is 1. The van der Waals surface area contributed by atoms with Crippen molar-refractivity contribution in [1.82, 2.24) is 10.7 Å². The van der Waals surface area contributed by atoms with Crippen molar-refractivity contribution in [1.29, 1.82) is 0 Å². The minimum Gasteiger partial charge on any atom is -0.466 e. The van der Waals surface area contributed by atoms with Crippen LogP contribution in [0, 0.1) is 0 Å². The molecule has 4 aromatic rings. The lowest BCUT2D eigenvalue weighted by molar-refractivity contribution is -0.139. The minimum atomic E-state index is -4.00. The van der Waals surface area contributed by atoms with Crippen LogP contribution >= 0.6 is 23.2 Å². The number of ether oxygens (including phenoxy) is 3. The third-order valence-electron chi connectivity index (χ3n) is 9.24. The van der Waals surface area contributed by atoms with Crippen LogP contribution in [0.2, 0.25) is 10.0 Å². The average Bonchev–Trinajstić information content (AvgIpc) is 3.54. The topological polar surface area (TPSA) is 247 Å². The molecule has 4 aromatic carbocycles. The van der Waals surface area contributed by atoms with Crippen molar-refractivity contribution in [2.75, 3.05) is 38.5 Å². The van der Waals surface area contributed by atoms with Crippen LogP contribution in [0.25, 0.3) is 0 Å². The number of para-hydroxylation sites is 1. The average molecular weight is 933 g/mol. The molecule has 2 aliphatic heterocycles. The molecule has 0 aliphatic carbocycles. The summed E-state index contributed by atoms with van der Waals surface area (Å²) in [5.41, 5.74) is 12.8. The number of carbonyl (C=O) groups is 3. The third kappa shape index (κ3) is 12.6. The first-order valence-electron chi connectivity index (χ1n) is 18.8. The van der Waals surface area contributed by atoms with Gasteiger partial charge in [0, 0.05) is 22.8 Å². The Bertz CT molecular complexity index is 2560. The van der Waals surface area contributed by atoms with Crippen molar-refractivity contribution in [3.8, 4) is 0 Å². The van der Waals surface area contributed by atoms with Crippen LogP contribution < -0.4 is 26.6 Å². The lowest BCUT2D eigenvalue weighted by Crippen LogP contribution is -2.45. The van der Waals surface area contributed by atoms with E-state index in [1.165, 1.54) is 37.4 Å². The molecule has 0 bridgehead atoms. The van der Waals surface area contributed by atoms with E-state index in [-0.39, 0.29) is 45.2 Å². The van der Waals surface area contributed by atoms with E-state index in [9.17, 15) is 31.2 Å². The molecule has 2 aliphatic rings. The molecule has 2 unspecified atom stereocenters. The number of esters is 2. The lowest BCUT2D eigenvalue weighted by Gasteiger charge is -2.31. The number of nitrogens with two attached hydrogens (primary N) is 2. The molecule has 0 saturated carbocycles. The number of amides is 1. The van der Waals surface area contributed by atoms with Gasteiger partial charge in [-0.1, -0.05) is 77.8 Å². The normalized spacial score (nSPS) is 15.9. The predicted molar refractivity (Wildman–Crippen MR) is 234 cm³/mol. The predicted octanol–water partition coefficient (Wildman–Crippen LogP) is 5.28. The molecule has 0 saturated heterocycles. The quantitative estimate of drug-likeness (QED) is 0.0689. The van der Waals surface area contributed by atoms with E-state index in [1.54, 1.807) is 61.3 Å². The van der Waals surface area contributed by atoms with E-state index >= 15 is 0 Å². The molecule has 7 N–H and O–H groups in total. The molecule has 16 nitrogen and oxygen atoms in total. The molecule has 62 heavy (non-hydrogen) atoms. The molecule has 6 rings (SSSR count). The summed E-state index contributed by atoms with van der Waals surface area (Å²) in [6.07, 6.45) is 0.819. The van der Waals surface area contributed by atoms with Crippen molar-refractivity contribution in [3.05, 3.63) is 146 Å². The summed E-state index contributed by atoms with van der Waals surface area (Å²) in [7, 11) is -6.71. The van der Waals surface area contributed by atoms with Gasteiger partial charge in [0.2, 0.25) is 10.0 Å². The summed E-state index contributed by atoms with van der Waals surface area (Å²) in [6.45, 7) is 6.41. The van der Waals surface area contributed by atoms with Crippen LogP contribution in [0.4, 0.5) is 5.69 Å². The van der Waals surface area contributed by atoms with Crippen LogP contribution in [0.3, 0.4) is 0 Å². The Hall–Kier alpha value is -5.31. The van der Waals surface area contributed by atoms with E-state index in [2.05, 4.69) is 10.7 Å². The van der Waals surface area contributed by atoms with Crippen LogP contribution in [-0.2, 0) is 50.4 Å². The number of rotatable bonds is 12. The molecule has 0 radical (unpaired) electrons. The van der Waals surface area contributed by atoms with Gasteiger partial charge in [0.15, 0.2) is 0 Å². The van der Waals surface area contributed by atoms with Crippen molar-refractivity contribution >= 4 is 66.9 Å². The maximum atomic E-state index is 12.9. The zero-order valence-corrected chi connectivity index (χ0v) is 37.3. The fraction of sp³-hybridized carbons (Fsp3) is 0.262. The molecule has 0 fully saturated rings. The number of hydrazine groups is 1. The van der Waals surface area contributed by atoms with Crippen LogP contribution in [0.15, 0.2) is 129 Å².